The molecule has 0 amide bonds. The highest BCUT2D eigenvalue weighted by Crippen LogP contribution is 1.89. The van der Waals surface area contributed by atoms with Crippen LogP contribution in [-0.2, 0) is 0 Å². The zero-order valence-corrected chi connectivity index (χ0v) is 6.91. The molecule has 1 heterocycles. The molecule has 0 unspecified atom stereocenters. The fraction of sp³-hybridized carbons (Fsp3) is 0.111. The Hall–Kier alpha value is -1.86. The Kier molecular flexibility index (Phi) is 3.01. The molecule has 0 saturated carbocycles. The molecular weight excluding hydrogens is 166 g/mol. The van der Waals surface area contributed by atoms with E-state index in [1.807, 2.05) is 0 Å². The third-order valence-corrected chi connectivity index (χ3v) is 1.44. The van der Waals surface area contributed by atoms with E-state index in [0.717, 1.165) is 6.34 Å². The lowest BCUT2D eigenvalue weighted by Gasteiger charge is -1.96. The molecule has 0 atom stereocenters. The number of aliphatic hydroxyl groups excluding tert-OH is 1. The zero-order valence-electron chi connectivity index (χ0n) is 6.91. The smallest absolute Gasteiger partial charge is 0.131 e. The predicted octanol–water partition coefficient (Wildman–Crippen LogP) is -0.233. The van der Waals surface area contributed by atoms with Crippen LogP contribution in [0.3, 0.4) is 0 Å². The van der Waals surface area contributed by atoms with Crippen molar-refractivity contribution in [2.45, 2.75) is 0 Å². The summed E-state index contributed by atoms with van der Waals surface area (Å²) in [6.07, 6.45) is 2.63. The van der Waals surface area contributed by atoms with E-state index in [1.54, 1.807) is 12.3 Å². The highest BCUT2D eigenvalue weighted by Gasteiger charge is 1.89. The molecule has 3 N–H and O–H groups in total. The van der Waals surface area contributed by atoms with Crippen molar-refractivity contribution in [2.24, 2.45) is 0 Å². The summed E-state index contributed by atoms with van der Waals surface area (Å²) in [5, 5.41) is 22.8. The first-order chi connectivity index (χ1) is 6.27. The normalized spacial score (nSPS) is 8.69. The van der Waals surface area contributed by atoms with Gasteiger partial charge < -0.3 is 5.11 Å². The summed E-state index contributed by atoms with van der Waals surface area (Å²) in [7, 11) is 0. The van der Waals surface area contributed by atoms with Crippen molar-refractivity contribution < 1.29 is 5.11 Å². The molecule has 1 aromatic heterocycles. The lowest BCUT2D eigenvalue weighted by atomic mass is 10.3. The highest BCUT2D eigenvalue weighted by atomic mass is 16.2. The van der Waals surface area contributed by atoms with Gasteiger partial charge in [-0.1, -0.05) is 11.8 Å². The molecule has 1 aromatic rings. The van der Waals surface area contributed by atoms with Gasteiger partial charge in [0.1, 0.15) is 12.1 Å². The van der Waals surface area contributed by atoms with Gasteiger partial charge in [0.05, 0.1) is 6.34 Å². The number of hydrogen-bond acceptors (Lipinski definition) is 3. The molecule has 0 radical (unpaired) electrons. The van der Waals surface area contributed by atoms with Crippen LogP contribution in [-0.4, -0.2) is 22.6 Å². The first-order valence-electron chi connectivity index (χ1n) is 3.65. The summed E-state index contributed by atoms with van der Waals surface area (Å²) in [5.74, 6) is 5.16. The van der Waals surface area contributed by atoms with Gasteiger partial charge in [0.25, 0.3) is 0 Å². The lowest BCUT2D eigenvalue weighted by Crippen LogP contribution is -2.17. The van der Waals surface area contributed by atoms with Crippen LogP contribution in [0, 0.1) is 22.7 Å². The Morgan fingerprint density at radius 1 is 1.62 bits per heavy atom. The van der Waals surface area contributed by atoms with Crippen molar-refractivity contribution in [3.05, 3.63) is 29.4 Å². The average Bonchev–Trinajstić information content (AvgIpc) is 2.15. The van der Waals surface area contributed by atoms with Gasteiger partial charge in [-0.05, 0) is 12.1 Å². The van der Waals surface area contributed by atoms with Crippen LogP contribution in [0.4, 0.5) is 0 Å². The number of aromatic nitrogens is 1. The first kappa shape index (κ1) is 9.23. The zero-order chi connectivity index (χ0) is 9.68. The number of pyridine rings is 1. The Morgan fingerprint density at radius 2 is 2.38 bits per heavy atom. The van der Waals surface area contributed by atoms with Crippen molar-refractivity contribution in [3.63, 3.8) is 0 Å². The fourth-order valence-corrected chi connectivity index (χ4v) is 0.843. The monoisotopic (exact) mass is 175 g/mol. The van der Waals surface area contributed by atoms with Crippen molar-refractivity contribution in [1.29, 1.82) is 10.8 Å². The number of nitrogens with one attached hydrogen (secondary N) is 2. The molecule has 4 nitrogen and oxygen atoms in total. The van der Waals surface area contributed by atoms with Crippen LogP contribution in [0.25, 0.3) is 0 Å². The van der Waals surface area contributed by atoms with Crippen molar-refractivity contribution in [2.75, 3.05) is 6.61 Å². The van der Waals surface area contributed by atoms with Gasteiger partial charge in [0, 0.05) is 11.8 Å². The predicted molar refractivity (Wildman–Crippen MR) is 48.4 cm³/mol. The molecular formula is C9H9N3O. The van der Waals surface area contributed by atoms with Gasteiger partial charge in [0.15, 0.2) is 0 Å². The third kappa shape index (κ3) is 2.29. The molecule has 0 spiro atoms. The Labute approximate surface area is 75.5 Å². The molecule has 1 rings (SSSR count). The van der Waals surface area contributed by atoms with Gasteiger partial charge in [-0.15, -0.1) is 0 Å². The Morgan fingerprint density at radius 3 is 2.92 bits per heavy atom. The van der Waals surface area contributed by atoms with Crippen molar-refractivity contribution in [1.82, 2.24) is 4.57 Å². The second kappa shape index (κ2) is 4.24. The minimum absolute atomic E-state index is 0.188. The molecule has 13 heavy (non-hydrogen) atoms. The van der Waals surface area contributed by atoms with E-state index in [0.29, 0.717) is 5.56 Å². The maximum atomic E-state index is 8.44. The summed E-state index contributed by atoms with van der Waals surface area (Å²) < 4.78 is 1.35. The molecule has 66 valence electrons. The van der Waals surface area contributed by atoms with Gasteiger partial charge in [-0.25, -0.2) is 0 Å². The summed E-state index contributed by atoms with van der Waals surface area (Å²) in [6.45, 7) is -0.188. The molecule has 0 aromatic carbocycles. The molecule has 0 fully saturated rings. The highest BCUT2D eigenvalue weighted by molar-refractivity contribution is 5.54. The standard InChI is InChI=1S/C9H9N3O/c10-7-12-4-3-8(2-1-5-13)6-9(12)11/h3-4,6-7,10-11,13H,5H2. The number of nitrogens with zero attached hydrogens (tertiary/aromatic N) is 1. The second-order valence-electron chi connectivity index (χ2n) is 2.30. The van der Waals surface area contributed by atoms with Crippen LogP contribution < -0.4 is 5.49 Å². The van der Waals surface area contributed by atoms with Gasteiger partial charge in [-0.2, -0.15) is 0 Å². The molecule has 0 aliphatic rings. The van der Waals surface area contributed by atoms with E-state index in [2.05, 4.69) is 11.8 Å². The van der Waals surface area contributed by atoms with E-state index in [1.165, 1.54) is 10.6 Å². The molecule has 0 aliphatic heterocycles. The quantitative estimate of drug-likeness (QED) is 0.308. The van der Waals surface area contributed by atoms with Gasteiger partial charge in [0.2, 0.25) is 0 Å². The fourth-order valence-electron chi connectivity index (χ4n) is 0.843. The van der Waals surface area contributed by atoms with Crippen molar-refractivity contribution in [3.8, 4) is 11.8 Å². The van der Waals surface area contributed by atoms with E-state index < -0.39 is 0 Å². The van der Waals surface area contributed by atoms with E-state index in [4.69, 9.17) is 15.9 Å². The lowest BCUT2D eigenvalue weighted by molar-refractivity contribution is 0.350. The maximum Gasteiger partial charge on any atom is 0.131 e. The van der Waals surface area contributed by atoms with Crippen LogP contribution in [0.5, 0.6) is 0 Å². The first-order valence-corrected chi connectivity index (χ1v) is 3.65. The molecule has 0 saturated heterocycles. The van der Waals surface area contributed by atoms with Gasteiger partial charge >= 0.3 is 0 Å². The summed E-state index contributed by atoms with van der Waals surface area (Å²) in [4.78, 5) is 0. The Bertz CT molecular complexity index is 422. The molecule has 0 bridgehead atoms. The largest absolute Gasteiger partial charge is 0.384 e. The Balaban J connectivity index is 3.10. The SMILES string of the molecule is N=Cn1ccc(C#CCO)cc1=N. The van der Waals surface area contributed by atoms with Gasteiger partial charge in [-0.3, -0.25) is 15.4 Å². The maximum absolute atomic E-state index is 8.44. The summed E-state index contributed by atoms with van der Waals surface area (Å²) in [5.41, 5.74) is 0.858. The minimum Gasteiger partial charge on any atom is -0.384 e. The van der Waals surface area contributed by atoms with E-state index >= 15 is 0 Å². The number of aliphatic hydroxyl groups is 1. The topological polar surface area (TPSA) is 72.9 Å². The molecule has 0 aliphatic carbocycles. The van der Waals surface area contributed by atoms with E-state index in [-0.39, 0.29) is 12.1 Å². The summed E-state index contributed by atoms with van der Waals surface area (Å²) in [6, 6.07) is 3.22. The minimum atomic E-state index is -0.188. The third-order valence-electron chi connectivity index (χ3n) is 1.44. The second-order valence-corrected chi connectivity index (χ2v) is 2.30. The summed E-state index contributed by atoms with van der Waals surface area (Å²) >= 11 is 0. The number of hydrogen-bond donors (Lipinski definition) is 3. The average molecular weight is 175 g/mol. The molecule has 4 heteroatoms. The van der Waals surface area contributed by atoms with Crippen LogP contribution >= 0.6 is 0 Å². The van der Waals surface area contributed by atoms with Crippen LogP contribution in [0.15, 0.2) is 18.3 Å². The van der Waals surface area contributed by atoms with E-state index in [9.17, 15) is 0 Å². The van der Waals surface area contributed by atoms with Crippen molar-refractivity contribution >= 4 is 6.34 Å². The number of rotatable bonds is 1. The van der Waals surface area contributed by atoms with Crippen LogP contribution in [0.1, 0.15) is 5.56 Å². The van der Waals surface area contributed by atoms with Crippen LogP contribution in [0.2, 0.25) is 0 Å².